The zero-order valence-electron chi connectivity index (χ0n) is 13.0. The molecule has 5 nitrogen and oxygen atoms in total. The van der Waals surface area contributed by atoms with Crippen LogP contribution in [0.4, 0.5) is 14.6 Å². The second kappa shape index (κ2) is 6.95. The Hall–Kier alpha value is -2.15. The number of likely N-dealkylation sites (tertiary alicyclic amines) is 1. The fourth-order valence-corrected chi connectivity index (χ4v) is 2.98. The average molecular weight is 319 g/mol. The van der Waals surface area contributed by atoms with E-state index in [1.54, 1.807) is 6.20 Å². The average Bonchev–Trinajstić information content (AvgIpc) is 2.59. The third-order valence-electron chi connectivity index (χ3n) is 4.29. The maximum Gasteiger partial charge on any atom is 0.148 e. The van der Waals surface area contributed by atoms with Gasteiger partial charge in [0.15, 0.2) is 0 Å². The van der Waals surface area contributed by atoms with Gasteiger partial charge in [0.25, 0.3) is 0 Å². The third kappa shape index (κ3) is 3.61. The molecule has 2 aromatic rings. The minimum Gasteiger partial charge on any atom is -0.355 e. The first-order valence-corrected chi connectivity index (χ1v) is 7.64. The predicted octanol–water partition coefficient (Wildman–Crippen LogP) is 2.25. The van der Waals surface area contributed by atoms with Gasteiger partial charge in [-0.3, -0.25) is 9.88 Å². The molecular formula is C16H19F2N5. The van der Waals surface area contributed by atoms with Crippen LogP contribution in [0.3, 0.4) is 0 Å². The van der Waals surface area contributed by atoms with E-state index in [4.69, 9.17) is 0 Å². The predicted molar refractivity (Wildman–Crippen MR) is 82.9 cm³/mol. The molecule has 122 valence electrons. The molecule has 2 aromatic heterocycles. The molecule has 0 aromatic carbocycles. The van der Waals surface area contributed by atoms with Crippen LogP contribution >= 0.6 is 0 Å². The standard InChI is InChI=1S/C16H19F2N5/c1-22(16-4-5-19-11-21-16)12-3-2-6-23(9-12)10-13-14(17)7-20-8-15(13)18/h4-5,7-8,11-12H,2-3,6,9-10H2,1H3. The Bertz CT molecular complexity index is 632. The first-order valence-electron chi connectivity index (χ1n) is 7.64. The van der Waals surface area contributed by atoms with Crippen molar-refractivity contribution in [3.63, 3.8) is 0 Å². The molecule has 0 aliphatic carbocycles. The minimum atomic E-state index is -0.587. The van der Waals surface area contributed by atoms with Crippen LogP contribution in [0.1, 0.15) is 18.4 Å². The Morgan fingerprint density at radius 2 is 2.04 bits per heavy atom. The van der Waals surface area contributed by atoms with Crippen molar-refractivity contribution >= 4 is 5.82 Å². The molecular weight excluding hydrogens is 300 g/mol. The molecule has 0 saturated carbocycles. The van der Waals surface area contributed by atoms with Gasteiger partial charge in [0.05, 0.1) is 12.4 Å². The van der Waals surface area contributed by atoms with Crippen LogP contribution < -0.4 is 4.90 Å². The number of pyridine rings is 1. The number of anilines is 1. The number of likely N-dealkylation sites (N-methyl/N-ethyl adjacent to an activating group) is 1. The highest BCUT2D eigenvalue weighted by atomic mass is 19.1. The zero-order valence-corrected chi connectivity index (χ0v) is 13.0. The monoisotopic (exact) mass is 319 g/mol. The van der Waals surface area contributed by atoms with Crippen molar-refractivity contribution in [3.05, 3.63) is 48.2 Å². The number of hydrogen-bond acceptors (Lipinski definition) is 5. The summed E-state index contributed by atoms with van der Waals surface area (Å²) in [5, 5.41) is 0. The Balaban J connectivity index is 1.69. The SMILES string of the molecule is CN(c1ccncn1)C1CCCN(Cc2c(F)cncc2F)C1. The molecule has 0 amide bonds. The molecule has 1 unspecified atom stereocenters. The molecule has 1 aliphatic rings. The molecule has 7 heteroatoms. The number of rotatable bonds is 4. The largest absolute Gasteiger partial charge is 0.355 e. The van der Waals surface area contributed by atoms with E-state index in [1.807, 2.05) is 13.1 Å². The number of hydrogen-bond donors (Lipinski definition) is 0. The smallest absolute Gasteiger partial charge is 0.148 e. The van der Waals surface area contributed by atoms with Crippen molar-refractivity contribution in [2.24, 2.45) is 0 Å². The highest BCUT2D eigenvalue weighted by molar-refractivity contribution is 5.37. The lowest BCUT2D eigenvalue weighted by Crippen LogP contribution is -2.46. The molecule has 0 N–H and O–H groups in total. The molecule has 1 atom stereocenters. The Kier molecular flexibility index (Phi) is 4.76. The molecule has 0 radical (unpaired) electrons. The molecule has 1 saturated heterocycles. The number of halogens is 2. The van der Waals surface area contributed by atoms with Crippen LogP contribution in [0.5, 0.6) is 0 Å². The maximum absolute atomic E-state index is 13.8. The van der Waals surface area contributed by atoms with E-state index in [0.717, 1.165) is 44.1 Å². The quantitative estimate of drug-likeness (QED) is 0.865. The molecule has 3 heterocycles. The normalized spacial score (nSPS) is 18.8. The number of piperidine rings is 1. The van der Waals surface area contributed by atoms with Crippen molar-refractivity contribution in [2.75, 3.05) is 25.0 Å². The van der Waals surface area contributed by atoms with Crippen LogP contribution in [0.25, 0.3) is 0 Å². The first kappa shape index (κ1) is 15.7. The summed E-state index contributed by atoms with van der Waals surface area (Å²) < 4.78 is 27.5. The summed E-state index contributed by atoms with van der Waals surface area (Å²) in [6.45, 7) is 1.82. The van der Waals surface area contributed by atoms with Gasteiger partial charge in [-0.2, -0.15) is 0 Å². The summed E-state index contributed by atoms with van der Waals surface area (Å²) in [6.07, 6.45) is 7.36. The van der Waals surface area contributed by atoms with E-state index < -0.39 is 11.6 Å². The summed E-state index contributed by atoms with van der Waals surface area (Å²) in [5.74, 6) is -0.319. The van der Waals surface area contributed by atoms with Crippen LogP contribution in [0.15, 0.2) is 31.0 Å². The maximum atomic E-state index is 13.8. The van der Waals surface area contributed by atoms with E-state index in [9.17, 15) is 8.78 Å². The highest BCUT2D eigenvalue weighted by Crippen LogP contribution is 2.22. The summed E-state index contributed by atoms with van der Waals surface area (Å²) in [6, 6.07) is 2.12. The second-order valence-electron chi connectivity index (χ2n) is 5.79. The third-order valence-corrected chi connectivity index (χ3v) is 4.29. The molecule has 3 rings (SSSR count). The van der Waals surface area contributed by atoms with E-state index in [-0.39, 0.29) is 18.2 Å². The molecule has 1 aliphatic heterocycles. The van der Waals surface area contributed by atoms with Gasteiger partial charge in [-0.15, -0.1) is 0 Å². The van der Waals surface area contributed by atoms with Gasteiger partial charge in [-0.05, 0) is 25.5 Å². The molecule has 23 heavy (non-hydrogen) atoms. The lowest BCUT2D eigenvalue weighted by atomic mass is 10.0. The Labute approximate surface area is 134 Å². The van der Waals surface area contributed by atoms with Crippen molar-refractivity contribution in [1.82, 2.24) is 19.9 Å². The second-order valence-corrected chi connectivity index (χ2v) is 5.79. The van der Waals surface area contributed by atoms with Gasteiger partial charge >= 0.3 is 0 Å². The molecule has 0 bridgehead atoms. The van der Waals surface area contributed by atoms with Crippen LogP contribution in [-0.4, -0.2) is 46.0 Å². The van der Waals surface area contributed by atoms with E-state index in [0.29, 0.717) is 0 Å². The molecule has 1 fully saturated rings. The Morgan fingerprint density at radius 1 is 1.26 bits per heavy atom. The van der Waals surface area contributed by atoms with Gasteiger partial charge in [-0.1, -0.05) is 0 Å². The van der Waals surface area contributed by atoms with Crippen molar-refractivity contribution in [3.8, 4) is 0 Å². The highest BCUT2D eigenvalue weighted by Gasteiger charge is 2.25. The van der Waals surface area contributed by atoms with E-state index in [2.05, 4.69) is 24.8 Å². The Morgan fingerprint density at radius 3 is 2.74 bits per heavy atom. The van der Waals surface area contributed by atoms with Crippen LogP contribution in [0, 0.1) is 11.6 Å². The summed E-state index contributed by atoms with van der Waals surface area (Å²) in [5.41, 5.74) is 0.0883. The van der Waals surface area contributed by atoms with E-state index in [1.165, 1.54) is 6.33 Å². The fourth-order valence-electron chi connectivity index (χ4n) is 2.98. The number of aromatic nitrogens is 3. The summed E-state index contributed by atoms with van der Waals surface area (Å²) >= 11 is 0. The van der Waals surface area contributed by atoms with Gasteiger partial charge in [-0.25, -0.2) is 18.7 Å². The lowest BCUT2D eigenvalue weighted by molar-refractivity contribution is 0.193. The van der Waals surface area contributed by atoms with E-state index >= 15 is 0 Å². The zero-order chi connectivity index (χ0) is 16.2. The first-order chi connectivity index (χ1) is 11.1. The van der Waals surface area contributed by atoms with Crippen molar-refractivity contribution < 1.29 is 8.78 Å². The minimum absolute atomic E-state index is 0.0883. The van der Waals surface area contributed by atoms with Gasteiger partial charge in [0.1, 0.15) is 23.8 Å². The van der Waals surface area contributed by atoms with Crippen molar-refractivity contribution in [1.29, 1.82) is 0 Å². The topological polar surface area (TPSA) is 45.2 Å². The van der Waals surface area contributed by atoms with Crippen LogP contribution in [-0.2, 0) is 6.54 Å². The number of nitrogens with zero attached hydrogens (tertiary/aromatic N) is 5. The molecule has 0 spiro atoms. The summed E-state index contributed by atoms with van der Waals surface area (Å²) in [7, 11) is 1.99. The lowest BCUT2D eigenvalue weighted by Gasteiger charge is -2.38. The fraction of sp³-hybridized carbons (Fsp3) is 0.438. The summed E-state index contributed by atoms with van der Waals surface area (Å²) in [4.78, 5) is 15.9. The van der Waals surface area contributed by atoms with Crippen LogP contribution in [0.2, 0.25) is 0 Å². The van der Waals surface area contributed by atoms with Crippen molar-refractivity contribution in [2.45, 2.75) is 25.4 Å². The van der Waals surface area contributed by atoms with Gasteiger partial charge < -0.3 is 4.90 Å². The van der Waals surface area contributed by atoms with Gasteiger partial charge in [0.2, 0.25) is 0 Å². The van der Waals surface area contributed by atoms with Gasteiger partial charge in [0, 0.05) is 37.9 Å².